The first kappa shape index (κ1) is 15.3. The van der Waals surface area contributed by atoms with Crippen molar-refractivity contribution in [2.45, 2.75) is 45.3 Å². The van der Waals surface area contributed by atoms with E-state index in [0.29, 0.717) is 23.9 Å². The first-order valence-electron chi connectivity index (χ1n) is 7.29. The number of rotatable bonds is 4. The minimum Gasteiger partial charge on any atom is -0.494 e. The lowest BCUT2D eigenvalue weighted by Gasteiger charge is -2.45. The molecule has 3 nitrogen and oxygen atoms in total. The van der Waals surface area contributed by atoms with Crippen LogP contribution < -0.4 is 10.1 Å². The van der Waals surface area contributed by atoms with E-state index in [4.69, 9.17) is 4.74 Å². The molecule has 0 radical (unpaired) electrons. The smallest absolute Gasteiger partial charge is 0.169 e. The van der Waals surface area contributed by atoms with E-state index in [-0.39, 0.29) is 11.4 Å². The minimum atomic E-state index is -0.237. The Labute approximate surface area is 121 Å². The molecule has 112 valence electrons. The van der Waals surface area contributed by atoms with Gasteiger partial charge in [0, 0.05) is 36.8 Å². The molecule has 1 N–H and O–H groups in total. The SMILES string of the molecule is CCC1(C)CN(Cc2cccc(OC)c2F)C(C)CN1. The highest BCUT2D eigenvalue weighted by Gasteiger charge is 2.32. The molecular weight excluding hydrogens is 255 g/mol. The highest BCUT2D eigenvalue weighted by Crippen LogP contribution is 2.25. The molecule has 1 saturated heterocycles. The van der Waals surface area contributed by atoms with Crippen LogP contribution in [0.15, 0.2) is 18.2 Å². The summed E-state index contributed by atoms with van der Waals surface area (Å²) in [6, 6.07) is 5.76. The van der Waals surface area contributed by atoms with Gasteiger partial charge in [0.1, 0.15) is 0 Å². The van der Waals surface area contributed by atoms with Crippen molar-refractivity contribution < 1.29 is 9.13 Å². The van der Waals surface area contributed by atoms with Crippen molar-refractivity contribution in [3.8, 4) is 5.75 Å². The third-order valence-corrected chi connectivity index (χ3v) is 4.42. The van der Waals surface area contributed by atoms with Gasteiger partial charge in [-0.05, 0) is 26.3 Å². The van der Waals surface area contributed by atoms with Crippen molar-refractivity contribution in [3.05, 3.63) is 29.6 Å². The fourth-order valence-corrected chi connectivity index (χ4v) is 2.69. The first-order chi connectivity index (χ1) is 9.49. The summed E-state index contributed by atoms with van der Waals surface area (Å²) in [7, 11) is 1.50. The third kappa shape index (κ3) is 3.13. The predicted octanol–water partition coefficient (Wildman–Crippen LogP) is 2.80. The minimum absolute atomic E-state index is 0.113. The molecule has 0 aliphatic carbocycles. The van der Waals surface area contributed by atoms with Gasteiger partial charge in [0.15, 0.2) is 11.6 Å². The third-order valence-electron chi connectivity index (χ3n) is 4.42. The largest absolute Gasteiger partial charge is 0.494 e. The van der Waals surface area contributed by atoms with Crippen LogP contribution in [0.5, 0.6) is 5.75 Å². The van der Waals surface area contributed by atoms with Crippen LogP contribution in [0.1, 0.15) is 32.8 Å². The molecule has 1 aromatic carbocycles. The number of hydrogen-bond acceptors (Lipinski definition) is 3. The van der Waals surface area contributed by atoms with Crippen LogP contribution in [0.3, 0.4) is 0 Å². The van der Waals surface area contributed by atoms with Crippen LogP contribution in [0.2, 0.25) is 0 Å². The lowest BCUT2D eigenvalue weighted by molar-refractivity contribution is 0.0854. The summed E-state index contributed by atoms with van der Waals surface area (Å²) < 4.78 is 19.3. The van der Waals surface area contributed by atoms with Gasteiger partial charge >= 0.3 is 0 Å². The van der Waals surface area contributed by atoms with E-state index in [1.54, 1.807) is 6.07 Å². The Bertz CT molecular complexity index is 466. The second-order valence-corrected chi connectivity index (χ2v) is 5.98. The standard InChI is InChI=1S/C16H25FN2O/c1-5-16(3)11-19(12(2)9-18-16)10-13-7-6-8-14(20-4)15(13)17/h6-8,12,18H,5,9-11H2,1-4H3. The van der Waals surface area contributed by atoms with Crippen molar-refractivity contribution in [2.75, 3.05) is 20.2 Å². The summed E-state index contributed by atoms with van der Waals surface area (Å²) in [6.45, 7) is 9.10. The van der Waals surface area contributed by atoms with E-state index in [9.17, 15) is 4.39 Å². The van der Waals surface area contributed by atoms with Crippen LogP contribution >= 0.6 is 0 Å². The molecule has 1 aliphatic heterocycles. The molecule has 1 aromatic rings. The summed E-state index contributed by atoms with van der Waals surface area (Å²) in [5.41, 5.74) is 0.818. The van der Waals surface area contributed by atoms with Crippen LogP contribution in [0, 0.1) is 5.82 Å². The maximum Gasteiger partial charge on any atom is 0.169 e. The highest BCUT2D eigenvalue weighted by atomic mass is 19.1. The molecule has 1 heterocycles. The molecule has 1 aliphatic rings. The zero-order valence-electron chi connectivity index (χ0n) is 12.9. The van der Waals surface area contributed by atoms with Gasteiger partial charge in [-0.15, -0.1) is 0 Å². The lowest BCUT2D eigenvalue weighted by atomic mass is 9.93. The molecule has 2 atom stereocenters. The monoisotopic (exact) mass is 280 g/mol. The van der Waals surface area contributed by atoms with Crippen LogP contribution in [0.25, 0.3) is 0 Å². The molecule has 1 fully saturated rings. The first-order valence-corrected chi connectivity index (χ1v) is 7.29. The fraction of sp³-hybridized carbons (Fsp3) is 0.625. The van der Waals surface area contributed by atoms with Gasteiger partial charge in [-0.25, -0.2) is 4.39 Å². The number of benzene rings is 1. The van der Waals surface area contributed by atoms with Crippen molar-refractivity contribution in [3.63, 3.8) is 0 Å². The number of nitrogens with zero attached hydrogens (tertiary/aromatic N) is 1. The zero-order chi connectivity index (χ0) is 14.8. The van der Waals surface area contributed by atoms with E-state index in [2.05, 4.69) is 31.0 Å². The summed E-state index contributed by atoms with van der Waals surface area (Å²) >= 11 is 0. The highest BCUT2D eigenvalue weighted by molar-refractivity contribution is 5.31. The van der Waals surface area contributed by atoms with Gasteiger partial charge in [-0.2, -0.15) is 0 Å². The second-order valence-electron chi connectivity index (χ2n) is 5.98. The Balaban J connectivity index is 2.16. The van der Waals surface area contributed by atoms with Crippen molar-refractivity contribution in [1.82, 2.24) is 10.2 Å². The Hall–Kier alpha value is -1.13. The predicted molar refractivity (Wildman–Crippen MR) is 79.5 cm³/mol. The summed E-state index contributed by atoms with van der Waals surface area (Å²) in [6.07, 6.45) is 1.07. The van der Waals surface area contributed by atoms with Gasteiger partial charge < -0.3 is 10.1 Å². The Kier molecular flexibility index (Phi) is 4.66. The van der Waals surface area contributed by atoms with Crippen molar-refractivity contribution >= 4 is 0 Å². The molecule has 0 saturated carbocycles. The topological polar surface area (TPSA) is 24.5 Å². The Morgan fingerprint density at radius 1 is 1.50 bits per heavy atom. The molecule has 2 rings (SSSR count). The molecule has 0 aromatic heterocycles. The van der Waals surface area contributed by atoms with E-state index >= 15 is 0 Å². The second kappa shape index (κ2) is 6.10. The number of methoxy groups -OCH3 is 1. The lowest BCUT2D eigenvalue weighted by Crippen LogP contribution is -2.61. The molecular formula is C16H25FN2O. The molecule has 20 heavy (non-hydrogen) atoms. The molecule has 0 amide bonds. The summed E-state index contributed by atoms with van der Waals surface area (Å²) in [4.78, 5) is 2.35. The molecule has 0 bridgehead atoms. The fourth-order valence-electron chi connectivity index (χ4n) is 2.69. The van der Waals surface area contributed by atoms with E-state index in [0.717, 1.165) is 19.5 Å². The van der Waals surface area contributed by atoms with E-state index in [1.807, 2.05) is 12.1 Å². The molecule has 0 spiro atoms. The van der Waals surface area contributed by atoms with Gasteiger partial charge in [0.2, 0.25) is 0 Å². The van der Waals surface area contributed by atoms with E-state index in [1.165, 1.54) is 7.11 Å². The van der Waals surface area contributed by atoms with Gasteiger partial charge in [0.25, 0.3) is 0 Å². The maximum absolute atomic E-state index is 14.3. The average Bonchev–Trinajstić information content (AvgIpc) is 2.45. The van der Waals surface area contributed by atoms with Crippen molar-refractivity contribution in [2.24, 2.45) is 0 Å². The number of nitrogens with one attached hydrogen (secondary N) is 1. The zero-order valence-corrected chi connectivity index (χ0v) is 12.9. The molecule has 4 heteroatoms. The quantitative estimate of drug-likeness (QED) is 0.918. The van der Waals surface area contributed by atoms with Crippen LogP contribution in [0.4, 0.5) is 4.39 Å². The van der Waals surface area contributed by atoms with Gasteiger partial charge in [0.05, 0.1) is 7.11 Å². The number of ether oxygens (including phenoxy) is 1. The Morgan fingerprint density at radius 2 is 2.25 bits per heavy atom. The summed E-state index contributed by atoms with van der Waals surface area (Å²) in [5, 5.41) is 3.59. The number of hydrogen-bond donors (Lipinski definition) is 1. The van der Waals surface area contributed by atoms with Gasteiger partial charge in [-0.3, -0.25) is 4.90 Å². The summed E-state index contributed by atoms with van der Waals surface area (Å²) in [5.74, 6) is 0.0856. The molecule has 2 unspecified atom stereocenters. The Morgan fingerprint density at radius 3 is 2.90 bits per heavy atom. The normalized spacial score (nSPS) is 27.6. The van der Waals surface area contributed by atoms with E-state index < -0.39 is 0 Å². The maximum atomic E-state index is 14.3. The van der Waals surface area contributed by atoms with Crippen molar-refractivity contribution in [1.29, 1.82) is 0 Å². The number of halogens is 1. The number of piperazine rings is 1. The van der Waals surface area contributed by atoms with Gasteiger partial charge in [-0.1, -0.05) is 19.1 Å². The van der Waals surface area contributed by atoms with Crippen LogP contribution in [-0.2, 0) is 6.54 Å². The average molecular weight is 280 g/mol. The van der Waals surface area contributed by atoms with Crippen LogP contribution in [-0.4, -0.2) is 36.7 Å².